The summed E-state index contributed by atoms with van der Waals surface area (Å²) in [6, 6.07) is 7.15. The molecule has 0 amide bonds. The first-order valence-electron chi connectivity index (χ1n) is 7.14. The van der Waals surface area contributed by atoms with E-state index in [2.05, 4.69) is 11.8 Å². The standard InChI is InChI=1S/C17H20O5/c1-3-21-16(19)15(17(20)22-4-2)12-14-9-6-5-8-13(14)10-7-11-18/h5-6,8-9,15,18H,3-4,11-12H2,1-2H3. The van der Waals surface area contributed by atoms with Crippen molar-refractivity contribution in [1.29, 1.82) is 0 Å². The Balaban J connectivity index is 3.03. The molecule has 0 bridgehead atoms. The summed E-state index contributed by atoms with van der Waals surface area (Å²) in [6.07, 6.45) is 0.147. The van der Waals surface area contributed by atoms with Gasteiger partial charge in [-0.2, -0.15) is 0 Å². The van der Waals surface area contributed by atoms with Crippen LogP contribution < -0.4 is 0 Å². The molecule has 5 heteroatoms. The van der Waals surface area contributed by atoms with Gasteiger partial charge in [-0.3, -0.25) is 9.59 Å². The predicted octanol–water partition coefficient (Wildman–Crippen LogP) is 1.32. The zero-order valence-corrected chi connectivity index (χ0v) is 12.8. The largest absolute Gasteiger partial charge is 0.465 e. The molecule has 1 rings (SSSR count). The molecule has 0 aliphatic carbocycles. The molecule has 0 spiro atoms. The summed E-state index contributed by atoms with van der Waals surface area (Å²) in [5.74, 6) is 3.14. The van der Waals surface area contributed by atoms with E-state index in [1.54, 1.807) is 38.1 Å². The molecule has 22 heavy (non-hydrogen) atoms. The Kier molecular flexibility index (Phi) is 7.73. The van der Waals surface area contributed by atoms with E-state index in [-0.39, 0.29) is 26.2 Å². The fraction of sp³-hybridized carbons (Fsp3) is 0.412. The molecule has 0 heterocycles. The molecule has 0 unspecified atom stereocenters. The van der Waals surface area contributed by atoms with Crippen molar-refractivity contribution in [1.82, 2.24) is 0 Å². The van der Waals surface area contributed by atoms with Crippen LogP contribution in [0.25, 0.3) is 0 Å². The Morgan fingerprint density at radius 1 is 1.14 bits per heavy atom. The van der Waals surface area contributed by atoms with Crippen LogP contribution in [0.2, 0.25) is 0 Å². The first-order chi connectivity index (χ1) is 10.6. The molecule has 118 valence electrons. The van der Waals surface area contributed by atoms with Crippen LogP contribution >= 0.6 is 0 Å². The Hall–Kier alpha value is -2.32. The molecule has 1 N–H and O–H groups in total. The summed E-state index contributed by atoms with van der Waals surface area (Å²) < 4.78 is 9.90. The van der Waals surface area contributed by atoms with Crippen molar-refractivity contribution in [3.63, 3.8) is 0 Å². The Bertz CT molecular complexity index is 550. The number of esters is 2. The average Bonchev–Trinajstić information content (AvgIpc) is 2.51. The number of benzene rings is 1. The van der Waals surface area contributed by atoms with Crippen molar-refractivity contribution in [3.8, 4) is 11.8 Å². The minimum absolute atomic E-state index is 0.147. The number of aliphatic hydroxyl groups excluding tert-OH is 1. The molecule has 0 aromatic heterocycles. The van der Waals surface area contributed by atoms with Crippen LogP contribution in [0.4, 0.5) is 0 Å². The highest BCUT2D eigenvalue weighted by molar-refractivity contribution is 5.95. The maximum atomic E-state index is 12.0. The highest BCUT2D eigenvalue weighted by Crippen LogP contribution is 2.16. The number of hydrogen-bond acceptors (Lipinski definition) is 5. The van der Waals surface area contributed by atoms with Gasteiger partial charge in [0.15, 0.2) is 5.92 Å². The molecule has 0 saturated heterocycles. The number of aliphatic hydroxyl groups is 1. The summed E-state index contributed by atoms with van der Waals surface area (Å²) in [5, 5.41) is 8.79. The van der Waals surface area contributed by atoms with Crippen LogP contribution in [0.5, 0.6) is 0 Å². The second-order valence-corrected chi connectivity index (χ2v) is 4.38. The molecule has 0 aliphatic rings. The van der Waals surface area contributed by atoms with E-state index in [0.29, 0.717) is 5.56 Å². The fourth-order valence-corrected chi connectivity index (χ4v) is 1.92. The van der Waals surface area contributed by atoms with Crippen LogP contribution in [-0.2, 0) is 25.5 Å². The third-order valence-electron chi connectivity index (χ3n) is 2.89. The molecule has 5 nitrogen and oxygen atoms in total. The van der Waals surface area contributed by atoms with Crippen LogP contribution in [0.3, 0.4) is 0 Å². The number of hydrogen-bond donors (Lipinski definition) is 1. The molecular weight excluding hydrogens is 284 g/mol. The molecule has 0 saturated carbocycles. The number of ether oxygens (including phenoxy) is 2. The van der Waals surface area contributed by atoms with Crippen LogP contribution in [0.1, 0.15) is 25.0 Å². The summed E-state index contributed by atoms with van der Waals surface area (Å²) in [4.78, 5) is 24.0. The number of carbonyl (C=O) groups excluding carboxylic acids is 2. The second-order valence-electron chi connectivity index (χ2n) is 4.38. The van der Waals surface area contributed by atoms with Crippen molar-refractivity contribution < 1.29 is 24.2 Å². The van der Waals surface area contributed by atoms with Gasteiger partial charge < -0.3 is 14.6 Å². The highest BCUT2D eigenvalue weighted by atomic mass is 16.6. The van der Waals surface area contributed by atoms with Crippen molar-refractivity contribution in [3.05, 3.63) is 35.4 Å². The summed E-state index contributed by atoms with van der Waals surface area (Å²) in [5.41, 5.74) is 1.39. The lowest BCUT2D eigenvalue weighted by atomic mass is 9.95. The Morgan fingerprint density at radius 3 is 2.27 bits per heavy atom. The van der Waals surface area contributed by atoms with Gasteiger partial charge in [-0.05, 0) is 31.9 Å². The first-order valence-corrected chi connectivity index (χ1v) is 7.14. The summed E-state index contributed by atoms with van der Waals surface area (Å²) >= 11 is 0. The fourth-order valence-electron chi connectivity index (χ4n) is 1.92. The molecule has 0 aliphatic heterocycles. The molecule has 0 fully saturated rings. The number of carbonyl (C=O) groups is 2. The lowest BCUT2D eigenvalue weighted by Gasteiger charge is -2.15. The zero-order chi connectivity index (χ0) is 16.4. The maximum Gasteiger partial charge on any atom is 0.320 e. The van der Waals surface area contributed by atoms with Gasteiger partial charge in [0.1, 0.15) is 6.61 Å². The lowest BCUT2D eigenvalue weighted by molar-refractivity contribution is -0.161. The van der Waals surface area contributed by atoms with E-state index in [0.717, 1.165) is 5.56 Å². The minimum atomic E-state index is -1.02. The van der Waals surface area contributed by atoms with Gasteiger partial charge in [0, 0.05) is 5.56 Å². The maximum absolute atomic E-state index is 12.0. The first kappa shape index (κ1) is 17.7. The van der Waals surface area contributed by atoms with Gasteiger partial charge in [-0.15, -0.1) is 0 Å². The van der Waals surface area contributed by atoms with Gasteiger partial charge in [0.2, 0.25) is 0 Å². The van der Waals surface area contributed by atoms with Gasteiger partial charge in [0.05, 0.1) is 13.2 Å². The van der Waals surface area contributed by atoms with Gasteiger partial charge >= 0.3 is 11.9 Å². The molecule has 1 aromatic rings. The summed E-state index contributed by atoms with van der Waals surface area (Å²) in [6.45, 7) is 3.50. The summed E-state index contributed by atoms with van der Waals surface area (Å²) in [7, 11) is 0. The second kappa shape index (κ2) is 9.59. The molecule has 1 aromatic carbocycles. The third-order valence-corrected chi connectivity index (χ3v) is 2.89. The Labute approximate surface area is 130 Å². The van der Waals surface area contributed by atoms with Gasteiger partial charge in [-0.25, -0.2) is 0 Å². The lowest BCUT2D eigenvalue weighted by Crippen LogP contribution is -2.30. The van der Waals surface area contributed by atoms with Crippen LogP contribution in [-0.4, -0.2) is 36.9 Å². The van der Waals surface area contributed by atoms with E-state index in [4.69, 9.17) is 14.6 Å². The van der Waals surface area contributed by atoms with Crippen molar-refractivity contribution >= 4 is 11.9 Å². The van der Waals surface area contributed by atoms with E-state index >= 15 is 0 Å². The van der Waals surface area contributed by atoms with Crippen molar-refractivity contribution in [2.24, 2.45) is 5.92 Å². The minimum Gasteiger partial charge on any atom is -0.465 e. The molecular formula is C17H20O5. The molecule has 0 atom stereocenters. The van der Waals surface area contributed by atoms with E-state index in [1.165, 1.54) is 0 Å². The quantitative estimate of drug-likeness (QED) is 0.487. The monoisotopic (exact) mass is 304 g/mol. The van der Waals surface area contributed by atoms with Crippen LogP contribution in [0.15, 0.2) is 24.3 Å². The highest BCUT2D eigenvalue weighted by Gasteiger charge is 2.30. The smallest absolute Gasteiger partial charge is 0.320 e. The van der Waals surface area contributed by atoms with Gasteiger partial charge in [0.25, 0.3) is 0 Å². The Morgan fingerprint density at radius 2 is 1.73 bits per heavy atom. The molecule has 0 radical (unpaired) electrons. The number of rotatable bonds is 6. The predicted molar refractivity (Wildman–Crippen MR) is 80.9 cm³/mol. The van der Waals surface area contributed by atoms with E-state index in [1.807, 2.05) is 0 Å². The van der Waals surface area contributed by atoms with E-state index < -0.39 is 17.9 Å². The van der Waals surface area contributed by atoms with Crippen LogP contribution in [0, 0.1) is 17.8 Å². The van der Waals surface area contributed by atoms with E-state index in [9.17, 15) is 9.59 Å². The normalized spacial score (nSPS) is 9.82. The van der Waals surface area contributed by atoms with Crippen molar-refractivity contribution in [2.45, 2.75) is 20.3 Å². The zero-order valence-electron chi connectivity index (χ0n) is 12.8. The third kappa shape index (κ3) is 5.23. The average molecular weight is 304 g/mol. The topological polar surface area (TPSA) is 72.8 Å². The SMILES string of the molecule is CCOC(=O)C(Cc1ccccc1C#CCO)C(=O)OCC. The van der Waals surface area contributed by atoms with Gasteiger partial charge in [-0.1, -0.05) is 30.0 Å². The van der Waals surface area contributed by atoms with Crippen molar-refractivity contribution in [2.75, 3.05) is 19.8 Å².